The number of esters is 1. The number of nitrogens with one attached hydrogen (secondary N) is 1. The lowest BCUT2D eigenvalue weighted by molar-refractivity contribution is -0.152. The Morgan fingerprint density at radius 3 is 2.17 bits per heavy atom. The van der Waals surface area contributed by atoms with Gasteiger partial charge in [-0.25, -0.2) is 19.6 Å². The average Bonchev–Trinajstić information content (AvgIpc) is 3.10. The molecule has 0 aromatic carbocycles. The molecule has 3 heterocycles. The maximum absolute atomic E-state index is 13.5. The molecule has 0 bridgehead atoms. The van der Waals surface area contributed by atoms with Gasteiger partial charge < -0.3 is 29.0 Å². The molecule has 3 rings (SSSR count). The van der Waals surface area contributed by atoms with Gasteiger partial charge in [0.05, 0.1) is 17.8 Å². The van der Waals surface area contributed by atoms with Crippen LogP contribution in [0.1, 0.15) is 81.1 Å². The number of carbonyl (C=O) groups is 2. The molecule has 0 saturated carbocycles. The second-order valence-electron chi connectivity index (χ2n) is 13.0. The van der Waals surface area contributed by atoms with Crippen LogP contribution in [0, 0.1) is 0 Å². The van der Waals surface area contributed by atoms with Crippen LogP contribution < -0.4 is 10.2 Å². The lowest BCUT2D eigenvalue weighted by Crippen LogP contribution is -2.58. The zero-order valence-corrected chi connectivity index (χ0v) is 26.3. The molecule has 12 heteroatoms. The first-order chi connectivity index (χ1) is 19.2. The molecule has 11 nitrogen and oxygen atoms in total. The lowest BCUT2D eigenvalue weighted by Gasteiger charge is -2.38. The molecule has 0 spiro atoms. The van der Waals surface area contributed by atoms with E-state index in [0.29, 0.717) is 32.1 Å². The number of piperazine rings is 1. The van der Waals surface area contributed by atoms with Crippen molar-refractivity contribution in [3.05, 3.63) is 18.5 Å². The molecule has 0 radical (unpaired) electrons. The van der Waals surface area contributed by atoms with E-state index >= 15 is 0 Å². The smallest absolute Gasteiger partial charge is 0.457 e. The summed E-state index contributed by atoms with van der Waals surface area (Å²) in [6.45, 7) is 19.3. The molecule has 1 N–H and O–H groups in total. The fraction of sp³-hybridized carbons (Fsp3) is 0.793. The van der Waals surface area contributed by atoms with Crippen LogP contribution in [-0.2, 0) is 23.6 Å². The van der Waals surface area contributed by atoms with Gasteiger partial charge in [-0.1, -0.05) is 12.8 Å². The van der Waals surface area contributed by atoms with E-state index in [-0.39, 0.29) is 24.9 Å². The number of nitrogens with zero attached hydrogens (tertiary/aromatic N) is 4. The Balaban J connectivity index is 1.66. The molecular weight excluding hydrogens is 525 g/mol. The van der Waals surface area contributed by atoms with Crippen molar-refractivity contribution in [2.24, 2.45) is 0 Å². The fourth-order valence-electron chi connectivity index (χ4n) is 5.07. The molecular formula is C29H50BN5O6. The average molecular weight is 576 g/mol. The number of carbonyl (C=O) groups excluding carboxylic acids is 2. The van der Waals surface area contributed by atoms with Crippen LogP contribution in [-0.4, -0.2) is 95.7 Å². The number of ether oxygens (including phenoxy) is 2. The standard InChI is InChI=1S/C29H50BN5O6/c1-9-38-23(36)29(33-25(37)39-26(2,3)4,13-10-11-15-30-40-27(5,6)28(7,8)41-30)14-18-34-19-21-35(22-20-34)24-31-16-12-17-32-24/h12,16-17H,9-11,13-15,18-22H2,1-8H3,(H,33,37). The largest absolute Gasteiger partial charge is 0.464 e. The molecule has 230 valence electrons. The van der Waals surface area contributed by atoms with E-state index in [4.69, 9.17) is 18.8 Å². The first-order valence-electron chi connectivity index (χ1n) is 14.9. The molecule has 2 aliphatic heterocycles. The van der Waals surface area contributed by atoms with E-state index < -0.39 is 23.2 Å². The van der Waals surface area contributed by atoms with Crippen LogP contribution in [0.4, 0.5) is 10.7 Å². The van der Waals surface area contributed by atoms with Crippen molar-refractivity contribution >= 4 is 25.1 Å². The molecule has 2 saturated heterocycles. The second kappa shape index (κ2) is 13.7. The maximum atomic E-state index is 13.5. The van der Waals surface area contributed by atoms with Gasteiger partial charge in [-0.3, -0.25) is 4.90 Å². The Labute approximate surface area is 246 Å². The summed E-state index contributed by atoms with van der Waals surface area (Å²) >= 11 is 0. The Kier molecular flexibility index (Phi) is 11.0. The van der Waals surface area contributed by atoms with Crippen molar-refractivity contribution in [1.29, 1.82) is 0 Å². The number of hydrogen-bond donors (Lipinski definition) is 1. The Hall–Kier alpha value is -2.44. The molecule has 1 aromatic heterocycles. The van der Waals surface area contributed by atoms with E-state index in [0.717, 1.165) is 38.5 Å². The number of rotatable bonds is 12. The molecule has 1 aromatic rings. The molecule has 1 atom stereocenters. The number of amides is 1. The van der Waals surface area contributed by atoms with Gasteiger partial charge in [-0.15, -0.1) is 0 Å². The third-order valence-electron chi connectivity index (χ3n) is 8.06. The summed E-state index contributed by atoms with van der Waals surface area (Å²) in [5.41, 5.74) is -2.69. The van der Waals surface area contributed by atoms with Crippen LogP contribution in [0.25, 0.3) is 0 Å². The van der Waals surface area contributed by atoms with Crippen LogP contribution >= 0.6 is 0 Å². The Morgan fingerprint density at radius 2 is 1.61 bits per heavy atom. The van der Waals surface area contributed by atoms with Gasteiger partial charge >= 0.3 is 19.2 Å². The van der Waals surface area contributed by atoms with E-state index in [2.05, 4.69) is 25.1 Å². The van der Waals surface area contributed by atoms with Crippen molar-refractivity contribution in [2.75, 3.05) is 44.2 Å². The summed E-state index contributed by atoms with van der Waals surface area (Å²) in [4.78, 5) is 39.7. The zero-order valence-electron chi connectivity index (χ0n) is 26.3. The molecule has 1 amide bonds. The molecule has 1 unspecified atom stereocenters. The predicted molar refractivity (Wildman–Crippen MR) is 159 cm³/mol. The number of aromatic nitrogens is 2. The predicted octanol–water partition coefficient (Wildman–Crippen LogP) is 4.08. The third kappa shape index (κ3) is 9.28. The minimum absolute atomic E-state index is 0.222. The number of anilines is 1. The van der Waals surface area contributed by atoms with Gasteiger partial charge in [0, 0.05) is 45.1 Å². The van der Waals surface area contributed by atoms with Crippen molar-refractivity contribution in [3.8, 4) is 0 Å². The highest BCUT2D eigenvalue weighted by atomic mass is 16.7. The number of unbranched alkanes of at least 4 members (excludes halogenated alkanes) is 1. The van der Waals surface area contributed by atoms with Gasteiger partial charge in [-0.05, 0) is 80.6 Å². The quantitative estimate of drug-likeness (QED) is 0.222. The number of alkyl carbamates (subject to hydrolysis) is 1. The fourth-order valence-corrected chi connectivity index (χ4v) is 5.07. The van der Waals surface area contributed by atoms with E-state index in [1.54, 1.807) is 40.1 Å². The third-order valence-corrected chi connectivity index (χ3v) is 8.06. The normalized spacial score (nSPS) is 20.4. The van der Waals surface area contributed by atoms with Gasteiger partial charge in [-0.2, -0.15) is 0 Å². The van der Waals surface area contributed by atoms with Crippen molar-refractivity contribution in [1.82, 2.24) is 20.2 Å². The highest BCUT2D eigenvalue weighted by molar-refractivity contribution is 6.45. The zero-order chi connectivity index (χ0) is 30.3. The van der Waals surface area contributed by atoms with Crippen molar-refractivity contribution in [3.63, 3.8) is 0 Å². The van der Waals surface area contributed by atoms with E-state index in [1.165, 1.54) is 0 Å². The summed E-state index contributed by atoms with van der Waals surface area (Å²) in [5.74, 6) is 0.291. The SMILES string of the molecule is CCOC(=O)C(CCCCB1OC(C)(C)C(C)(C)O1)(CCN1CCN(c2ncccn2)CC1)NC(=O)OC(C)(C)C. The summed E-state index contributed by atoms with van der Waals surface area (Å²) in [6.07, 6.45) is 5.84. The molecule has 2 fully saturated rings. The van der Waals surface area contributed by atoms with Crippen LogP contribution in [0.3, 0.4) is 0 Å². The van der Waals surface area contributed by atoms with Crippen LogP contribution in [0.5, 0.6) is 0 Å². The molecule has 2 aliphatic rings. The monoisotopic (exact) mass is 575 g/mol. The van der Waals surface area contributed by atoms with Crippen molar-refractivity contribution < 1.29 is 28.4 Å². The van der Waals surface area contributed by atoms with Crippen LogP contribution in [0.15, 0.2) is 18.5 Å². The molecule has 0 aliphatic carbocycles. The van der Waals surface area contributed by atoms with Gasteiger partial charge in [0.2, 0.25) is 5.95 Å². The van der Waals surface area contributed by atoms with E-state index in [9.17, 15) is 9.59 Å². The minimum Gasteiger partial charge on any atom is -0.464 e. The first kappa shape index (κ1) is 33.1. The van der Waals surface area contributed by atoms with Gasteiger partial charge in [0.25, 0.3) is 0 Å². The Morgan fingerprint density at radius 1 is 1.00 bits per heavy atom. The second-order valence-corrected chi connectivity index (χ2v) is 13.0. The topological polar surface area (TPSA) is 115 Å². The minimum atomic E-state index is -1.21. The van der Waals surface area contributed by atoms with Crippen LogP contribution in [0.2, 0.25) is 6.32 Å². The summed E-state index contributed by atoms with van der Waals surface area (Å²) < 4.78 is 23.4. The van der Waals surface area contributed by atoms with E-state index in [1.807, 2.05) is 33.8 Å². The summed E-state index contributed by atoms with van der Waals surface area (Å²) in [6, 6.07) is 1.81. The molecule has 41 heavy (non-hydrogen) atoms. The highest BCUT2D eigenvalue weighted by Gasteiger charge is 2.50. The summed E-state index contributed by atoms with van der Waals surface area (Å²) in [5, 5.41) is 2.95. The Bertz CT molecular complexity index is 981. The maximum Gasteiger partial charge on any atom is 0.457 e. The number of hydrogen-bond acceptors (Lipinski definition) is 10. The lowest BCUT2D eigenvalue weighted by atomic mass is 9.80. The summed E-state index contributed by atoms with van der Waals surface area (Å²) in [7, 11) is -0.305. The van der Waals surface area contributed by atoms with Gasteiger partial charge in [0.15, 0.2) is 0 Å². The van der Waals surface area contributed by atoms with Crippen molar-refractivity contribution in [2.45, 2.75) is 110 Å². The van der Waals surface area contributed by atoms with Gasteiger partial charge in [0.1, 0.15) is 11.1 Å². The highest BCUT2D eigenvalue weighted by Crippen LogP contribution is 2.38. The first-order valence-corrected chi connectivity index (χ1v) is 14.9.